The number of hydrogen-bond acceptors (Lipinski definition) is 4. The van der Waals surface area contributed by atoms with E-state index in [1.165, 1.54) is 18.4 Å². The molecule has 2 aromatic carbocycles. The van der Waals surface area contributed by atoms with E-state index in [2.05, 4.69) is 15.6 Å². The van der Waals surface area contributed by atoms with E-state index >= 15 is 0 Å². The molecule has 1 atom stereocenters. The van der Waals surface area contributed by atoms with Crippen LogP contribution in [0.15, 0.2) is 58.4 Å². The summed E-state index contributed by atoms with van der Waals surface area (Å²) in [4.78, 5) is 4.85. The topological polar surface area (TPSA) is 83.0 Å². The van der Waals surface area contributed by atoms with Gasteiger partial charge in [0.2, 0.25) is 10.0 Å². The average molecular weight is 433 g/mol. The third-order valence-electron chi connectivity index (χ3n) is 4.35. The molecule has 30 heavy (non-hydrogen) atoms. The zero-order valence-corrected chi connectivity index (χ0v) is 19.2. The summed E-state index contributed by atoms with van der Waals surface area (Å²) in [7, 11) is -0.383. The molecule has 0 bridgehead atoms. The number of hydrogen-bond donors (Lipinski definition) is 2. The van der Waals surface area contributed by atoms with E-state index in [0.717, 1.165) is 23.4 Å². The van der Waals surface area contributed by atoms with Gasteiger partial charge >= 0.3 is 0 Å². The first-order chi connectivity index (χ1) is 14.2. The molecule has 0 radical (unpaired) electrons. The van der Waals surface area contributed by atoms with E-state index in [4.69, 9.17) is 4.74 Å². The summed E-state index contributed by atoms with van der Waals surface area (Å²) in [6, 6.07) is 14.8. The summed E-state index contributed by atoms with van der Waals surface area (Å²) in [6.45, 7) is 7.81. The van der Waals surface area contributed by atoms with Gasteiger partial charge in [-0.05, 0) is 56.2 Å². The quantitative estimate of drug-likeness (QED) is 0.470. The molecule has 0 aliphatic carbocycles. The van der Waals surface area contributed by atoms with Gasteiger partial charge in [-0.2, -0.15) is 0 Å². The second-order valence-electron chi connectivity index (χ2n) is 7.25. The smallest absolute Gasteiger partial charge is 0.242 e. The van der Waals surface area contributed by atoms with Crippen molar-refractivity contribution < 1.29 is 13.2 Å². The molecule has 0 aliphatic rings. The van der Waals surface area contributed by atoms with Crippen molar-refractivity contribution in [1.82, 2.24) is 14.9 Å². The molecule has 0 spiro atoms. The minimum atomic E-state index is -3.42. The predicted octanol–water partition coefficient (Wildman–Crippen LogP) is 2.77. The number of ether oxygens (including phenoxy) is 1. The Hall–Kier alpha value is -2.58. The maximum absolute atomic E-state index is 12.2. The third-order valence-corrected chi connectivity index (χ3v) is 6.18. The lowest BCUT2D eigenvalue weighted by Gasteiger charge is -2.18. The Labute approximate surface area is 180 Å². The van der Waals surface area contributed by atoms with Crippen molar-refractivity contribution >= 4 is 16.0 Å². The van der Waals surface area contributed by atoms with Crippen LogP contribution in [-0.4, -0.2) is 52.0 Å². The SMILES string of the molecule is CCNC(=NCc1ccc(S(=O)(=O)N(C)C)cc1)NCC(C)Oc1cccc(C)c1. The molecular formula is C22H32N4O3S. The molecule has 164 valence electrons. The molecule has 0 aliphatic heterocycles. The van der Waals surface area contributed by atoms with Crippen molar-refractivity contribution in [3.63, 3.8) is 0 Å². The summed E-state index contributed by atoms with van der Waals surface area (Å²) in [5.41, 5.74) is 2.08. The fraction of sp³-hybridized carbons (Fsp3) is 0.409. The van der Waals surface area contributed by atoms with Crippen LogP contribution in [0, 0.1) is 6.92 Å². The van der Waals surface area contributed by atoms with Crippen LogP contribution in [0.5, 0.6) is 5.75 Å². The average Bonchev–Trinajstić information content (AvgIpc) is 2.70. The van der Waals surface area contributed by atoms with E-state index in [1.807, 2.05) is 45.0 Å². The molecule has 0 heterocycles. The molecule has 0 amide bonds. The van der Waals surface area contributed by atoms with Gasteiger partial charge in [0.25, 0.3) is 0 Å². The largest absolute Gasteiger partial charge is 0.489 e. The number of nitrogens with zero attached hydrogens (tertiary/aromatic N) is 2. The highest BCUT2D eigenvalue weighted by Crippen LogP contribution is 2.15. The lowest BCUT2D eigenvalue weighted by atomic mass is 10.2. The van der Waals surface area contributed by atoms with E-state index < -0.39 is 10.0 Å². The Morgan fingerprint density at radius 1 is 1.13 bits per heavy atom. The molecular weight excluding hydrogens is 400 g/mol. The fourth-order valence-corrected chi connectivity index (χ4v) is 3.59. The van der Waals surface area contributed by atoms with Crippen LogP contribution in [0.25, 0.3) is 0 Å². The van der Waals surface area contributed by atoms with Gasteiger partial charge in [0.1, 0.15) is 11.9 Å². The maximum Gasteiger partial charge on any atom is 0.242 e. The molecule has 1 unspecified atom stereocenters. The molecule has 0 saturated heterocycles. The van der Waals surface area contributed by atoms with Crippen LogP contribution in [-0.2, 0) is 16.6 Å². The number of rotatable bonds is 9. The first kappa shape index (κ1) is 23.7. The van der Waals surface area contributed by atoms with E-state index in [1.54, 1.807) is 24.3 Å². The second kappa shape index (κ2) is 11.0. The van der Waals surface area contributed by atoms with Crippen LogP contribution in [0.3, 0.4) is 0 Å². The first-order valence-electron chi connectivity index (χ1n) is 9.99. The van der Waals surface area contributed by atoms with Crippen molar-refractivity contribution in [3.8, 4) is 5.75 Å². The number of sulfonamides is 1. The van der Waals surface area contributed by atoms with E-state index in [0.29, 0.717) is 19.0 Å². The summed E-state index contributed by atoms with van der Waals surface area (Å²) >= 11 is 0. The minimum absolute atomic E-state index is 0.0359. The van der Waals surface area contributed by atoms with Gasteiger partial charge < -0.3 is 15.4 Å². The van der Waals surface area contributed by atoms with Crippen LogP contribution >= 0.6 is 0 Å². The Morgan fingerprint density at radius 3 is 2.43 bits per heavy atom. The standard InChI is InChI=1S/C22H32N4O3S/c1-6-23-22(24-15-18(3)29-20-9-7-8-17(2)14-20)25-16-19-10-12-21(13-11-19)30(27,28)26(4)5/h7-14,18H,6,15-16H2,1-5H3,(H2,23,24,25). The Balaban J connectivity index is 1.95. The molecule has 8 heteroatoms. The number of aliphatic imine (C=N–C) groups is 1. The lowest BCUT2D eigenvalue weighted by Crippen LogP contribution is -2.41. The Kier molecular flexibility index (Phi) is 8.68. The first-order valence-corrected chi connectivity index (χ1v) is 11.4. The molecule has 2 rings (SSSR count). The molecule has 2 N–H and O–H groups in total. The summed E-state index contributed by atoms with van der Waals surface area (Å²) in [5, 5.41) is 6.50. The highest BCUT2D eigenvalue weighted by molar-refractivity contribution is 7.89. The number of guanidine groups is 1. The van der Waals surface area contributed by atoms with Gasteiger partial charge in [0.15, 0.2) is 5.96 Å². The van der Waals surface area contributed by atoms with Gasteiger partial charge in [-0.15, -0.1) is 0 Å². The Bertz CT molecular complexity index is 941. The second-order valence-corrected chi connectivity index (χ2v) is 9.40. The summed E-state index contributed by atoms with van der Waals surface area (Å²) in [6.07, 6.45) is -0.0359. The highest BCUT2D eigenvalue weighted by Gasteiger charge is 2.16. The van der Waals surface area contributed by atoms with Crippen molar-refractivity contribution in [2.75, 3.05) is 27.2 Å². The normalized spacial score (nSPS) is 13.2. The summed E-state index contributed by atoms with van der Waals surface area (Å²) in [5.74, 6) is 1.53. The fourth-order valence-electron chi connectivity index (χ4n) is 2.69. The van der Waals surface area contributed by atoms with Crippen LogP contribution in [0.1, 0.15) is 25.0 Å². The van der Waals surface area contributed by atoms with Crippen LogP contribution in [0.2, 0.25) is 0 Å². The van der Waals surface area contributed by atoms with Crippen LogP contribution < -0.4 is 15.4 Å². The number of aryl methyl sites for hydroxylation is 1. The summed E-state index contributed by atoms with van der Waals surface area (Å²) < 4.78 is 31.5. The van der Waals surface area contributed by atoms with Crippen molar-refractivity contribution in [2.45, 2.75) is 38.3 Å². The van der Waals surface area contributed by atoms with E-state index in [9.17, 15) is 8.42 Å². The van der Waals surface area contributed by atoms with Gasteiger partial charge in [-0.1, -0.05) is 24.3 Å². The minimum Gasteiger partial charge on any atom is -0.489 e. The number of benzene rings is 2. The highest BCUT2D eigenvalue weighted by atomic mass is 32.2. The van der Waals surface area contributed by atoms with Gasteiger partial charge in [-0.3, -0.25) is 0 Å². The third kappa shape index (κ3) is 7.03. The lowest BCUT2D eigenvalue weighted by molar-refractivity contribution is 0.223. The van der Waals surface area contributed by atoms with Crippen molar-refractivity contribution in [3.05, 3.63) is 59.7 Å². The van der Waals surface area contributed by atoms with E-state index in [-0.39, 0.29) is 11.0 Å². The zero-order valence-electron chi connectivity index (χ0n) is 18.3. The molecule has 7 nitrogen and oxygen atoms in total. The maximum atomic E-state index is 12.2. The van der Waals surface area contributed by atoms with Crippen molar-refractivity contribution in [1.29, 1.82) is 0 Å². The van der Waals surface area contributed by atoms with Gasteiger partial charge in [0, 0.05) is 20.6 Å². The Morgan fingerprint density at radius 2 is 1.83 bits per heavy atom. The zero-order chi connectivity index (χ0) is 22.1. The van der Waals surface area contributed by atoms with Gasteiger partial charge in [0.05, 0.1) is 18.0 Å². The van der Waals surface area contributed by atoms with Crippen molar-refractivity contribution in [2.24, 2.45) is 4.99 Å². The molecule has 2 aromatic rings. The monoisotopic (exact) mass is 432 g/mol. The van der Waals surface area contributed by atoms with Crippen LogP contribution in [0.4, 0.5) is 0 Å². The molecule has 0 aromatic heterocycles. The van der Waals surface area contributed by atoms with Gasteiger partial charge in [-0.25, -0.2) is 17.7 Å². The predicted molar refractivity (Wildman–Crippen MR) is 121 cm³/mol. The molecule has 0 fully saturated rings. The molecule has 0 saturated carbocycles. The number of nitrogens with one attached hydrogen (secondary N) is 2.